The molecule has 0 bridgehead atoms. The van der Waals surface area contributed by atoms with Crippen LogP contribution in [0.25, 0.3) is 0 Å². The maximum Gasteiger partial charge on any atom is 0.243 e. The van der Waals surface area contributed by atoms with E-state index in [1.165, 1.54) is 13.8 Å². The van der Waals surface area contributed by atoms with Crippen molar-refractivity contribution in [2.75, 3.05) is 0 Å². The van der Waals surface area contributed by atoms with Gasteiger partial charge in [0, 0.05) is 12.0 Å². The highest BCUT2D eigenvalue weighted by molar-refractivity contribution is 5.90. The minimum absolute atomic E-state index is 0.167. The second-order valence-electron chi connectivity index (χ2n) is 3.11. The smallest absolute Gasteiger partial charge is 0.243 e. The largest absolute Gasteiger partial charge is 0.366 e. The third kappa shape index (κ3) is 67.5. The molecule has 0 aliphatic rings. The van der Waals surface area contributed by atoms with Crippen molar-refractivity contribution in [2.24, 2.45) is 5.73 Å². The molecule has 0 spiro atoms. The molecular formula is C11H21NO3. The van der Waals surface area contributed by atoms with Crippen molar-refractivity contribution in [3.63, 3.8) is 0 Å². The minimum Gasteiger partial charge on any atom is -0.366 e. The van der Waals surface area contributed by atoms with Crippen LogP contribution in [0.2, 0.25) is 0 Å². The first-order chi connectivity index (χ1) is 6.64. The van der Waals surface area contributed by atoms with Crippen molar-refractivity contribution in [3.05, 3.63) is 12.2 Å². The zero-order valence-corrected chi connectivity index (χ0v) is 10.2. The van der Waals surface area contributed by atoms with Gasteiger partial charge in [-0.3, -0.25) is 4.79 Å². The van der Waals surface area contributed by atoms with Gasteiger partial charge in [-0.1, -0.05) is 13.5 Å². The van der Waals surface area contributed by atoms with E-state index < -0.39 is 5.91 Å². The SMILES string of the molecule is C=C(C)C(N)=O.CC(C)=O.CCC(C)=O. The quantitative estimate of drug-likeness (QED) is 0.711. The van der Waals surface area contributed by atoms with Crippen LogP contribution in [-0.4, -0.2) is 17.5 Å². The van der Waals surface area contributed by atoms with Gasteiger partial charge < -0.3 is 15.3 Å². The van der Waals surface area contributed by atoms with E-state index in [0.717, 1.165) is 0 Å². The molecule has 0 saturated heterocycles. The molecule has 0 aromatic carbocycles. The standard InChI is InChI=1S/C4H7NO.C4H8O.C3H6O/c1-3(2)4(5)6;1-3-4(2)5;1-3(2)4/h1H2,2H3,(H2,5,6);3H2,1-2H3;1-2H3. The number of Topliss-reactive ketones (excluding diaryl/α,β-unsaturated/α-hetero) is 2. The summed E-state index contributed by atoms with van der Waals surface area (Å²) in [5.41, 5.74) is 5.09. The number of carbonyl (C=O) groups is 3. The second kappa shape index (κ2) is 12.6. The fraction of sp³-hybridized carbons (Fsp3) is 0.545. The predicted octanol–water partition coefficient (Wildman–Crippen LogP) is 1.63. The summed E-state index contributed by atoms with van der Waals surface area (Å²) in [7, 11) is 0. The van der Waals surface area contributed by atoms with Gasteiger partial charge in [-0.2, -0.15) is 0 Å². The molecule has 0 heterocycles. The fourth-order valence-electron chi connectivity index (χ4n) is 0. The molecule has 0 unspecified atom stereocenters. The lowest BCUT2D eigenvalue weighted by atomic mass is 10.3. The van der Waals surface area contributed by atoms with Crippen LogP contribution in [0.3, 0.4) is 0 Å². The summed E-state index contributed by atoms with van der Waals surface area (Å²) < 4.78 is 0. The summed E-state index contributed by atoms with van der Waals surface area (Å²) >= 11 is 0. The summed E-state index contributed by atoms with van der Waals surface area (Å²) in [5.74, 6) is -0.0139. The van der Waals surface area contributed by atoms with E-state index in [9.17, 15) is 14.4 Å². The Labute approximate surface area is 91.5 Å². The molecule has 0 saturated carbocycles. The lowest BCUT2D eigenvalue weighted by Crippen LogP contribution is -2.10. The maximum absolute atomic E-state index is 9.82. The Balaban J connectivity index is -0.000000147. The zero-order chi connectivity index (χ0) is 13.0. The van der Waals surface area contributed by atoms with E-state index in [2.05, 4.69) is 6.58 Å². The number of carbonyl (C=O) groups excluding carboxylic acids is 3. The predicted molar refractivity (Wildman–Crippen MR) is 61.3 cm³/mol. The topological polar surface area (TPSA) is 77.2 Å². The highest BCUT2D eigenvalue weighted by Gasteiger charge is 1.86. The van der Waals surface area contributed by atoms with Gasteiger partial charge in [0.25, 0.3) is 0 Å². The van der Waals surface area contributed by atoms with Crippen LogP contribution in [-0.2, 0) is 14.4 Å². The number of amides is 1. The lowest BCUT2D eigenvalue weighted by molar-refractivity contribution is -0.117. The maximum atomic E-state index is 9.82. The van der Waals surface area contributed by atoms with Crippen molar-refractivity contribution >= 4 is 17.5 Å². The van der Waals surface area contributed by atoms with Crippen molar-refractivity contribution in [2.45, 2.75) is 41.0 Å². The monoisotopic (exact) mass is 215 g/mol. The van der Waals surface area contributed by atoms with Crippen LogP contribution in [0.1, 0.15) is 41.0 Å². The van der Waals surface area contributed by atoms with Gasteiger partial charge in [-0.05, 0) is 27.7 Å². The molecule has 1 amide bonds. The number of rotatable bonds is 2. The first-order valence-electron chi connectivity index (χ1n) is 4.57. The minimum atomic E-state index is -0.435. The van der Waals surface area contributed by atoms with Crippen LogP contribution in [0, 0.1) is 0 Å². The first kappa shape index (κ1) is 19.2. The Kier molecular flexibility index (Phi) is 16.0. The van der Waals surface area contributed by atoms with Crippen LogP contribution in [0.5, 0.6) is 0 Å². The molecule has 4 nitrogen and oxygen atoms in total. The molecule has 4 heteroatoms. The highest BCUT2D eigenvalue weighted by atomic mass is 16.1. The van der Waals surface area contributed by atoms with Gasteiger partial charge in [-0.25, -0.2) is 0 Å². The molecular weight excluding hydrogens is 194 g/mol. The summed E-state index contributed by atoms with van der Waals surface area (Å²) in [6.45, 7) is 11.3. The Morgan fingerprint density at radius 1 is 1.07 bits per heavy atom. The van der Waals surface area contributed by atoms with E-state index >= 15 is 0 Å². The number of ketones is 2. The van der Waals surface area contributed by atoms with Gasteiger partial charge in [0.15, 0.2) is 0 Å². The van der Waals surface area contributed by atoms with Crippen molar-refractivity contribution in [1.29, 1.82) is 0 Å². The molecule has 0 aliphatic heterocycles. The number of primary amides is 1. The summed E-state index contributed by atoms with van der Waals surface area (Å²) in [6, 6.07) is 0. The van der Waals surface area contributed by atoms with E-state index in [1.54, 1.807) is 13.8 Å². The highest BCUT2D eigenvalue weighted by Crippen LogP contribution is 1.78. The van der Waals surface area contributed by atoms with Crippen LogP contribution in [0.15, 0.2) is 12.2 Å². The molecule has 0 aliphatic carbocycles. The molecule has 0 aromatic rings. The third-order valence-electron chi connectivity index (χ3n) is 0.919. The lowest BCUT2D eigenvalue weighted by Gasteiger charge is -1.81. The molecule has 0 rings (SSSR count). The van der Waals surface area contributed by atoms with Gasteiger partial charge in [0.2, 0.25) is 5.91 Å². The van der Waals surface area contributed by atoms with Gasteiger partial charge in [-0.15, -0.1) is 0 Å². The van der Waals surface area contributed by atoms with Gasteiger partial charge in [0.05, 0.1) is 0 Å². The van der Waals surface area contributed by atoms with E-state index in [1.807, 2.05) is 6.92 Å². The molecule has 0 atom stereocenters. The molecule has 2 N–H and O–H groups in total. The van der Waals surface area contributed by atoms with E-state index in [4.69, 9.17) is 5.73 Å². The van der Waals surface area contributed by atoms with Crippen LogP contribution in [0.4, 0.5) is 0 Å². The third-order valence-corrected chi connectivity index (χ3v) is 0.919. The summed E-state index contributed by atoms with van der Waals surface area (Å²) in [5, 5.41) is 0. The molecule has 88 valence electrons. The Morgan fingerprint density at radius 2 is 1.20 bits per heavy atom. The molecule has 15 heavy (non-hydrogen) atoms. The van der Waals surface area contributed by atoms with Crippen molar-refractivity contribution < 1.29 is 14.4 Å². The van der Waals surface area contributed by atoms with E-state index in [0.29, 0.717) is 12.0 Å². The summed E-state index contributed by atoms with van der Waals surface area (Å²) in [6.07, 6.45) is 0.667. The van der Waals surface area contributed by atoms with E-state index in [-0.39, 0.29) is 11.6 Å². The fourth-order valence-corrected chi connectivity index (χ4v) is 0. The Bertz CT molecular complexity index is 216. The van der Waals surface area contributed by atoms with Crippen molar-refractivity contribution in [1.82, 2.24) is 0 Å². The van der Waals surface area contributed by atoms with Crippen LogP contribution < -0.4 is 5.73 Å². The second-order valence-corrected chi connectivity index (χ2v) is 3.11. The number of hydrogen-bond donors (Lipinski definition) is 1. The number of hydrogen-bond acceptors (Lipinski definition) is 3. The average Bonchev–Trinajstić information content (AvgIpc) is 2.04. The Morgan fingerprint density at radius 3 is 1.20 bits per heavy atom. The molecule has 0 radical (unpaired) electrons. The van der Waals surface area contributed by atoms with Crippen molar-refractivity contribution in [3.8, 4) is 0 Å². The molecule has 0 aromatic heterocycles. The van der Waals surface area contributed by atoms with Gasteiger partial charge >= 0.3 is 0 Å². The van der Waals surface area contributed by atoms with Crippen LogP contribution >= 0.6 is 0 Å². The molecule has 0 fully saturated rings. The first-order valence-corrected chi connectivity index (χ1v) is 4.57. The zero-order valence-electron chi connectivity index (χ0n) is 10.2. The average molecular weight is 215 g/mol. The number of nitrogens with two attached hydrogens (primary N) is 1. The summed E-state index contributed by atoms with van der Waals surface area (Å²) in [4.78, 5) is 29.1. The Hall–Kier alpha value is -1.45. The van der Waals surface area contributed by atoms with Gasteiger partial charge in [0.1, 0.15) is 11.6 Å². The normalized spacial score (nSPS) is 7.27.